The number of carbonyl (C=O) groups excluding carboxylic acids is 2. The van der Waals surface area contributed by atoms with Gasteiger partial charge >= 0.3 is 0 Å². The average molecular weight is 1430 g/mol. The Morgan fingerprint density at radius 2 is 0.794 bits per heavy atom. The molecule has 0 radical (unpaired) electrons. The normalized spacial score (nSPS) is 53.2. The molecular formula is C80H117NO21. The summed E-state index contributed by atoms with van der Waals surface area (Å²) in [6, 6.07) is 0. The SMILES string of the molecule is C=C1C[C@@H]2CC[C@@]34C[C@H]5OC6[C@@H](OC7CCC(CC(=O)C[C@@H]8[C@@H](C)[C@@H](C[C@H](O)CN)O[C@H]8CC8O[C@@H](CCC1O2)C[C@@H](C)C8=C)OC7[C@@H]6O3)C5O4.C=C1C[C@@H]2CC[C@@]34C[C@H]5OC6[C@@H](OC7CCC(CC(=O)C[C@@H]8[C@@H](C)[C@@H](C[C@H](O)CO)O[C@H]8CC8O[C@@H](CCC1O2)C[C@@H](C)C8=C)OC7[C@@H]6O3)C5O4. The quantitative estimate of drug-likeness (QED) is 0.183. The van der Waals surface area contributed by atoms with Crippen LogP contribution < -0.4 is 5.73 Å². The molecule has 20 rings (SSSR count). The van der Waals surface area contributed by atoms with Crippen LogP contribution in [0.15, 0.2) is 48.6 Å². The maximum absolute atomic E-state index is 14.0. The minimum atomic E-state index is -0.872. The van der Waals surface area contributed by atoms with Crippen molar-refractivity contribution in [3.8, 4) is 0 Å². The van der Waals surface area contributed by atoms with Gasteiger partial charge in [-0.05, 0) is 148 Å². The zero-order valence-electron chi connectivity index (χ0n) is 60.7. The molecule has 102 heavy (non-hydrogen) atoms. The van der Waals surface area contributed by atoms with E-state index >= 15 is 0 Å². The van der Waals surface area contributed by atoms with Gasteiger partial charge in [-0.2, -0.15) is 0 Å². The predicted octanol–water partition coefficient (Wildman–Crippen LogP) is 8.15. The van der Waals surface area contributed by atoms with Crippen LogP contribution in [0, 0.1) is 35.5 Å². The third-order valence-corrected chi connectivity index (χ3v) is 28.3. The van der Waals surface area contributed by atoms with E-state index in [1.807, 2.05) is 0 Å². The maximum Gasteiger partial charge on any atom is 0.172 e. The van der Waals surface area contributed by atoms with E-state index in [0.29, 0.717) is 88.9 Å². The van der Waals surface area contributed by atoms with E-state index in [4.69, 9.17) is 81.5 Å². The van der Waals surface area contributed by atoms with Gasteiger partial charge < -0.3 is 96.8 Å². The molecule has 0 aromatic heterocycles. The van der Waals surface area contributed by atoms with Crippen LogP contribution in [0.3, 0.4) is 0 Å². The molecule has 0 aromatic carbocycles. The Bertz CT molecular complexity index is 2920. The first-order valence-corrected chi connectivity index (χ1v) is 40.1. The van der Waals surface area contributed by atoms with Crippen LogP contribution in [0.4, 0.5) is 0 Å². The molecule has 24 bridgehead atoms. The molecule has 14 unspecified atom stereocenters. The van der Waals surface area contributed by atoms with Gasteiger partial charge in [0.25, 0.3) is 0 Å². The number of aliphatic hydroxyl groups excluding tert-OH is 3. The first-order valence-electron chi connectivity index (χ1n) is 40.1. The highest BCUT2D eigenvalue weighted by Gasteiger charge is 2.71. The highest BCUT2D eigenvalue weighted by atomic mass is 16.8. The third-order valence-electron chi connectivity index (χ3n) is 28.3. The maximum atomic E-state index is 14.0. The lowest BCUT2D eigenvalue weighted by atomic mass is 9.78. The number of Topliss-reactive ketones (excluding diaryl/α,β-unsaturated/α-hetero) is 2. The molecule has 38 atom stereocenters. The lowest BCUT2D eigenvalue weighted by Gasteiger charge is -2.47. The fourth-order valence-electron chi connectivity index (χ4n) is 22.5. The van der Waals surface area contributed by atoms with Gasteiger partial charge in [-0.15, -0.1) is 0 Å². The number of nitrogens with two attached hydrogens (primary N) is 1. The van der Waals surface area contributed by atoms with Crippen molar-refractivity contribution in [2.24, 2.45) is 41.2 Å². The van der Waals surface area contributed by atoms with Crippen LogP contribution >= 0.6 is 0 Å². The molecule has 0 amide bonds. The number of hydrogen-bond donors (Lipinski definition) is 4. The van der Waals surface area contributed by atoms with Gasteiger partial charge in [0.1, 0.15) is 72.6 Å². The van der Waals surface area contributed by atoms with Gasteiger partial charge in [-0.1, -0.05) is 54.0 Å². The minimum Gasteiger partial charge on any atom is -0.394 e. The van der Waals surface area contributed by atoms with Crippen LogP contribution in [0.5, 0.6) is 0 Å². The van der Waals surface area contributed by atoms with Crippen molar-refractivity contribution in [2.75, 3.05) is 13.2 Å². The van der Waals surface area contributed by atoms with Crippen molar-refractivity contribution in [1.29, 1.82) is 0 Å². The fraction of sp³-hybridized carbons (Fsp3) is 0.875. The molecule has 22 heteroatoms. The number of rotatable bonds is 6. The lowest BCUT2D eigenvalue weighted by Crippen LogP contribution is -2.61. The van der Waals surface area contributed by atoms with E-state index in [1.165, 1.54) is 0 Å². The summed E-state index contributed by atoms with van der Waals surface area (Å²) in [6.45, 7) is 26.4. The molecule has 0 aliphatic carbocycles. The molecule has 20 aliphatic rings. The summed E-state index contributed by atoms with van der Waals surface area (Å²) in [4.78, 5) is 28.0. The summed E-state index contributed by atoms with van der Waals surface area (Å²) in [7, 11) is 0. The zero-order chi connectivity index (χ0) is 70.4. The van der Waals surface area contributed by atoms with E-state index in [0.717, 1.165) is 112 Å². The standard InChI is InChI=1S/C40H59NO10.C40H58O11/c2*1-19-11-25-5-7-29-20(2)12-27(44-29)9-10-40-17-34-36(50-40)37-38(49-34)39(51-40)35-30(48-37)8-6-26(46-35)13-23(42)14-28-22(4)31(15-24(43)18-41)47-33(28)16-32(45-25)21(19)3/h19,22,24-39,43H,2-3,5-18,41H2,1,4H3;19,22,24-39,41,43H,2-3,5-18H2,1,4H3/t2*19-,22-,24+,25+,26?,27+,28-,29?,30?,31-,32?,33+,34-,35?,36?,37+,38?,39+,40+/m11/s1. The van der Waals surface area contributed by atoms with Crippen LogP contribution in [-0.2, 0) is 85.4 Å². The van der Waals surface area contributed by atoms with Gasteiger partial charge in [0.2, 0.25) is 0 Å². The Balaban J connectivity index is 0.000000152. The van der Waals surface area contributed by atoms with Crippen LogP contribution in [0.2, 0.25) is 0 Å². The van der Waals surface area contributed by atoms with Crippen LogP contribution in [0.1, 0.15) is 195 Å². The second kappa shape index (κ2) is 29.1. The lowest BCUT2D eigenvalue weighted by molar-refractivity contribution is -0.292. The zero-order valence-corrected chi connectivity index (χ0v) is 60.7. The van der Waals surface area contributed by atoms with Crippen molar-refractivity contribution < 1.29 is 101 Å². The Morgan fingerprint density at radius 1 is 0.402 bits per heavy atom. The van der Waals surface area contributed by atoms with Gasteiger partial charge in [0, 0.05) is 83.6 Å². The molecule has 568 valence electrons. The summed E-state index contributed by atoms with van der Waals surface area (Å²) in [6.07, 6.45) is 12.1. The number of ketones is 2. The minimum absolute atomic E-state index is 0.00127. The first kappa shape index (κ1) is 72.4. The van der Waals surface area contributed by atoms with Gasteiger partial charge in [-0.3, -0.25) is 9.59 Å². The second-order valence-corrected chi connectivity index (χ2v) is 35.1. The highest BCUT2D eigenvalue weighted by molar-refractivity contribution is 5.79. The molecule has 0 saturated carbocycles. The molecule has 20 fully saturated rings. The van der Waals surface area contributed by atoms with Gasteiger partial charge in [0.15, 0.2) is 11.6 Å². The van der Waals surface area contributed by atoms with Crippen molar-refractivity contribution >= 4 is 11.6 Å². The van der Waals surface area contributed by atoms with Crippen LogP contribution in [0.25, 0.3) is 0 Å². The summed E-state index contributed by atoms with van der Waals surface area (Å²) in [5.74, 6) is -0.589. The number of fused-ring (bicyclic) bond motifs is 12. The Kier molecular flexibility index (Phi) is 20.6. The number of hydrogen-bond acceptors (Lipinski definition) is 22. The molecule has 2 spiro atoms. The number of aliphatic hydroxyl groups is 3. The number of carbonyl (C=O) groups is 2. The summed E-state index contributed by atoms with van der Waals surface area (Å²) >= 11 is 0. The van der Waals surface area contributed by atoms with Crippen molar-refractivity contribution in [2.45, 2.75) is 389 Å². The highest BCUT2D eigenvalue weighted by Crippen LogP contribution is 2.57. The molecule has 20 aliphatic heterocycles. The fourth-order valence-corrected chi connectivity index (χ4v) is 22.5. The second-order valence-electron chi connectivity index (χ2n) is 35.1. The Hall–Kier alpha value is -2.50. The third kappa shape index (κ3) is 13.9. The molecule has 5 N–H and O–H groups in total. The average Bonchev–Trinajstić information content (AvgIpc) is 1.55. The number of ether oxygens (including phenoxy) is 16. The topological polar surface area (TPSA) is 269 Å². The van der Waals surface area contributed by atoms with E-state index < -0.39 is 23.8 Å². The summed E-state index contributed by atoms with van der Waals surface area (Å²) in [5.41, 5.74) is 10.3. The Morgan fingerprint density at radius 3 is 1.24 bits per heavy atom. The molecular weight excluding hydrogens is 1310 g/mol. The van der Waals surface area contributed by atoms with Crippen molar-refractivity contribution in [3.05, 3.63) is 48.6 Å². The largest absolute Gasteiger partial charge is 0.394 e. The predicted molar refractivity (Wildman–Crippen MR) is 367 cm³/mol. The summed E-state index contributed by atoms with van der Waals surface area (Å²) in [5, 5.41) is 30.5. The monoisotopic (exact) mass is 1430 g/mol. The van der Waals surface area contributed by atoms with E-state index in [-0.39, 0.29) is 219 Å². The smallest absolute Gasteiger partial charge is 0.172 e. The van der Waals surface area contributed by atoms with Crippen molar-refractivity contribution in [1.82, 2.24) is 0 Å². The van der Waals surface area contributed by atoms with E-state index in [1.54, 1.807) is 0 Å². The van der Waals surface area contributed by atoms with Gasteiger partial charge in [-0.25, -0.2) is 0 Å². The Labute approximate surface area is 602 Å². The molecule has 20 heterocycles. The van der Waals surface area contributed by atoms with E-state index in [9.17, 15) is 24.9 Å². The first-order chi connectivity index (χ1) is 49.1. The van der Waals surface area contributed by atoms with E-state index in [2.05, 4.69) is 54.0 Å². The molecule has 22 nitrogen and oxygen atoms in total. The van der Waals surface area contributed by atoms with Crippen LogP contribution in [-0.4, -0.2) is 235 Å². The summed E-state index contributed by atoms with van der Waals surface area (Å²) < 4.78 is 108. The van der Waals surface area contributed by atoms with Crippen molar-refractivity contribution in [3.63, 3.8) is 0 Å². The molecule has 20 saturated heterocycles. The molecule has 0 aromatic rings. The van der Waals surface area contributed by atoms with Gasteiger partial charge in [0.05, 0.1) is 129 Å².